The molecule has 6 heteroatoms. The summed E-state index contributed by atoms with van der Waals surface area (Å²) in [5, 5.41) is 6.83. The highest BCUT2D eigenvalue weighted by Crippen LogP contribution is 2.17. The van der Waals surface area contributed by atoms with Crippen molar-refractivity contribution in [3.63, 3.8) is 0 Å². The highest BCUT2D eigenvalue weighted by molar-refractivity contribution is 5.94. The number of aryl methyl sites for hydroxylation is 1. The van der Waals surface area contributed by atoms with Crippen LogP contribution < -0.4 is 10.1 Å². The Kier molecular flexibility index (Phi) is 5.09. The number of ether oxygens (including phenoxy) is 1. The molecule has 0 fully saturated rings. The lowest BCUT2D eigenvalue weighted by molar-refractivity contribution is 0.0953. The number of methoxy groups -OCH3 is 1. The van der Waals surface area contributed by atoms with Gasteiger partial charge in [0, 0.05) is 24.1 Å². The summed E-state index contributed by atoms with van der Waals surface area (Å²) in [6.45, 7) is 2.43. The molecule has 3 rings (SSSR count). The summed E-state index contributed by atoms with van der Waals surface area (Å²) in [5.74, 6) is 1.61. The minimum Gasteiger partial charge on any atom is -0.497 e. The van der Waals surface area contributed by atoms with Gasteiger partial charge in [0.25, 0.3) is 5.91 Å². The van der Waals surface area contributed by atoms with Gasteiger partial charge in [0.15, 0.2) is 0 Å². The Morgan fingerprint density at radius 1 is 1.20 bits per heavy atom. The molecule has 0 aliphatic carbocycles. The van der Waals surface area contributed by atoms with Crippen LogP contribution in [0.2, 0.25) is 0 Å². The van der Waals surface area contributed by atoms with Gasteiger partial charge in [-0.15, -0.1) is 0 Å². The molecule has 3 aromatic rings. The number of nitrogens with zero attached hydrogens (tertiary/aromatic N) is 2. The van der Waals surface area contributed by atoms with Gasteiger partial charge < -0.3 is 14.6 Å². The molecule has 25 heavy (non-hydrogen) atoms. The number of aromatic nitrogens is 2. The zero-order valence-electron chi connectivity index (χ0n) is 14.2. The van der Waals surface area contributed by atoms with Crippen LogP contribution in [-0.2, 0) is 6.42 Å². The Hall–Kier alpha value is -3.15. The van der Waals surface area contributed by atoms with E-state index >= 15 is 0 Å². The average Bonchev–Trinajstić information content (AvgIpc) is 3.11. The van der Waals surface area contributed by atoms with Crippen molar-refractivity contribution in [2.75, 3.05) is 13.7 Å². The highest BCUT2D eigenvalue weighted by Gasteiger charge is 2.10. The van der Waals surface area contributed by atoms with Gasteiger partial charge in [-0.3, -0.25) is 4.79 Å². The molecule has 128 valence electrons. The lowest BCUT2D eigenvalue weighted by atomic mass is 10.1. The van der Waals surface area contributed by atoms with E-state index in [0.29, 0.717) is 36.0 Å². The molecule has 0 aliphatic heterocycles. The highest BCUT2D eigenvalue weighted by atomic mass is 16.5. The molecule has 1 N–H and O–H groups in total. The van der Waals surface area contributed by atoms with Crippen molar-refractivity contribution in [2.45, 2.75) is 13.3 Å². The number of benzene rings is 2. The van der Waals surface area contributed by atoms with Crippen molar-refractivity contribution < 1.29 is 14.1 Å². The van der Waals surface area contributed by atoms with E-state index in [1.54, 1.807) is 31.4 Å². The van der Waals surface area contributed by atoms with E-state index in [2.05, 4.69) is 15.5 Å². The summed E-state index contributed by atoms with van der Waals surface area (Å²) in [5.41, 5.74) is 2.62. The van der Waals surface area contributed by atoms with E-state index in [1.165, 1.54) is 0 Å². The quantitative estimate of drug-likeness (QED) is 0.748. The van der Waals surface area contributed by atoms with Crippen molar-refractivity contribution in [1.82, 2.24) is 15.5 Å². The molecule has 1 aromatic heterocycles. The van der Waals surface area contributed by atoms with E-state index in [1.807, 2.05) is 31.2 Å². The third-order valence-corrected chi connectivity index (χ3v) is 3.72. The van der Waals surface area contributed by atoms with Crippen molar-refractivity contribution in [2.24, 2.45) is 0 Å². The van der Waals surface area contributed by atoms with Gasteiger partial charge in [0.1, 0.15) is 5.75 Å². The number of amides is 1. The fourth-order valence-electron chi connectivity index (χ4n) is 2.39. The second kappa shape index (κ2) is 7.61. The fraction of sp³-hybridized carbons (Fsp3) is 0.211. The predicted molar refractivity (Wildman–Crippen MR) is 93.5 cm³/mol. The smallest absolute Gasteiger partial charge is 0.251 e. The van der Waals surface area contributed by atoms with Gasteiger partial charge in [-0.05, 0) is 37.3 Å². The third-order valence-electron chi connectivity index (χ3n) is 3.72. The van der Waals surface area contributed by atoms with Gasteiger partial charge in [-0.1, -0.05) is 28.9 Å². The van der Waals surface area contributed by atoms with Crippen LogP contribution in [0.3, 0.4) is 0 Å². The van der Waals surface area contributed by atoms with Gasteiger partial charge in [0.05, 0.1) is 7.11 Å². The molecule has 0 bridgehead atoms. The number of nitrogens with one attached hydrogen (secondary N) is 1. The largest absolute Gasteiger partial charge is 0.497 e. The molecule has 0 unspecified atom stereocenters. The first-order chi connectivity index (χ1) is 12.2. The molecule has 0 saturated heterocycles. The lowest BCUT2D eigenvalue weighted by Crippen LogP contribution is -2.25. The minimum absolute atomic E-state index is 0.152. The molecule has 0 spiro atoms. The van der Waals surface area contributed by atoms with Crippen LogP contribution >= 0.6 is 0 Å². The Balaban J connectivity index is 1.54. The zero-order chi connectivity index (χ0) is 17.6. The summed E-state index contributed by atoms with van der Waals surface area (Å²) >= 11 is 0. The molecular formula is C19H19N3O3. The van der Waals surface area contributed by atoms with Crippen molar-refractivity contribution in [3.8, 4) is 17.1 Å². The summed E-state index contributed by atoms with van der Waals surface area (Å²) < 4.78 is 10.3. The molecule has 0 atom stereocenters. The van der Waals surface area contributed by atoms with Crippen LogP contribution in [0.5, 0.6) is 5.75 Å². The number of carbonyl (C=O) groups is 1. The predicted octanol–water partition coefficient (Wildman–Crippen LogP) is 3.03. The van der Waals surface area contributed by atoms with E-state index < -0.39 is 0 Å². The normalized spacial score (nSPS) is 10.5. The second-order valence-electron chi connectivity index (χ2n) is 5.62. The Bertz CT molecular complexity index is 856. The molecule has 0 aliphatic rings. The minimum atomic E-state index is -0.152. The number of rotatable bonds is 6. The van der Waals surface area contributed by atoms with E-state index in [-0.39, 0.29) is 5.91 Å². The fourth-order valence-corrected chi connectivity index (χ4v) is 2.39. The first-order valence-corrected chi connectivity index (χ1v) is 7.97. The van der Waals surface area contributed by atoms with Gasteiger partial charge in [-0.2, -0.15) is 4.98 Å². The maximum Gasteiger partial charge on any atom is 0.251 e. The summed E-state index contributed by atoms with van der Waals surface area (Å²) in [7, 11) is 1.59. The van der Waals surface area contributed by atoms with Crippen LogP contribution in [0.1, 0.15) is 21.8 Å². The Morgan fingerprint density at radius 2 is 2.00 bits per heavy atom. The van der Waals surface area contributed by atoms with Gasteiger partial charge >= 0.3 is 0 Å². The molecule has 6 nitrogen and oxygen atoms in total. The molecule has 1 heterocycles. The monoisotopic (exact) mass is 337 g/mol. The molecular weight excluding hydrogens is 318 g/mol. The number of hydrogen-bond donors (Lipinski definition) is 1. The van der Waals surface area contributed by atoms with Crippen LogP contribution in [0.4, 0.5) is 0 Å². The number of carbonyl (C=O) groups excluding carboxylic acids is 1. The van der Waals surface area contributed by atoms with Crippen molar-refractivity contribution in [1.29, 1.82) is 0 Å². The third kappa shape index (κ3) is 4.23. The SMILES string of the molecule is COc1ccc(C(=O)NCCc2nc(-c3cccc(C)c3)no2)cc1. The maximum atomic E-state index is 12.1. The van der Waals surface area contributed by atoms with Gasteiger partial charge in [-0.25, -0.2) is 0 Å². The zero-order valence-corrected chi connectivity index (χ0v) is 14.2. The maximum absolute atomic E-state index is 12.1. The van der Waals surface area contributed by atoms with Crippen LogP contribution in [0.25, 0.3) is 11.4 Å². The van der Waals surface area contributed by atoms with Crippen LogP contribution in [0, 0.1) is 6.92 Å². The van der Waals surface area contributed by atoms with E-state index in [4.69, 9.17) is 9.26 Å². The Morgan fingerprint density at radius 3 is 2.72 bits per heavy atom. The molecule has 0 radical (unpaired) electrons. The molecule has 0 saturated carbocycles. The topological polar surface area (TPSA) is 77.2 Å². The molecule has 2 aromatic carbocycles. The van der Waals surface area contributed by atoms with E-state index in [0.717, 1.165) is 11.1 Å². The first kappa shape index (κ1) is 16.7. The second-order valence-corrected chi connectivity index (χ2v) is 5.62. The summed E-state index contributed by atoms with van der Waals surface area (Å²) in [4.78, 5) is 16.4. The Labute approximate surface area is 145 Å². The average molecular weight is 337 g/mol. The van der Waals surface area contributed by atoms with Crippen LogP contribution in [0.15, 0.2) is 53.1 Å². The van der Waals surface area contributed by atoms with Gasteiger partial charge in [0.2, 0.25) is 11.7 Å². The van der Waals surface area contributed by atoms with Crippen LogP contribution in [-0.4, -0.2) is 29.7 Å². The summed E-state index contributed by atoms with van der Waals surface area (Å²) in [6.07, 6.45) is 0.473. The summed E-state index contributed by atoms with van der Waals surface area (Å²) in [6, 6.07) is 14.8. The lowest BCUT2D eigenvalue weighted by Gasteiger charge is -2.04. The number of hydrogen-bond acceptors (Lipinski definition) is 5. The standard InChI is InChI=1S/C19H19N3O3/c1-13-4-3-5-15(12-13)18-21-17(25-22-18)10-11-20-19(23)14-6-8-16(24-2)9-7-14/h3-9,12H,10-11H2,1-2H3,(H,20,23). The van der Waals surface area contributed by atoms with Crippen molar-refractivity contribution >= 4 is 5.91 Å². The molecule has 1 amide bonds. The van der Waals surface area contributed by atoms with Crippen molar-refractivity contribution in [3.05, 3.63) is 65.5 Å². The van der Waals surface area contributed by atoms with E-state index in [9.17, 15) is 4.79 Å². The first-order valence-electron chi connectivity index (χ1n) is 7.97.